The van der Waals surface area contributed by atoms with E-state index in [-0.39, 0.29) is 0 Å². The molecule has 0 unspecified atom stereocenters. The lowest BCUT2D eigenvalue weighted by Crippen LogP contribution is -2.02. The molecule has 0 saturated carbocycles. The SMILES string of the molecule is NCCc1cccc(-c2ccc(Br)cc2)c1. The highest BCUT2D eigenvalue weighted by Crippen LogP contribution is 2.22. The summed E-state index contributed by atoms with van der Waals surface area (Å²) in [6.07, 6.45) is 0.935. The van der Waals surface area contributed by atoms with Crippen molar-refractivity contribution in [2.24, 2.45) is 5.73 Å². The first-order valence-electron chi connectivity index (χ1n) is 5.34. The van der Waals surface area contributed by atoms with E-state index in [9.17, 15) is 0 Å². The second-order valence-corrected chi connectivity index (χ2v) is 4.66. The van der Waals surface area contributed by atoms with Gasteiger partial charge in [0, 0.05) is 4.47 Å². The predicted molar refractivity (Wildman–Crippen MR) is 72.3 cm³/mol. The summed E-state index contributed by atoms with van der Waals surface area (Å²) in [5.74, 6) is 0. The van der Waals surface area contributed by atoms with Crippen molar-refractivity contribution in [1.29, 1.82) is 0 Å². The third-order valence-electron chi connectivity index (χ3n) is 2.54. The van der Waals surface area contributed by atoms with Gasteiger partial charge < -0.3 is 5.73 Å². The van der Waals surface area contributed by atoms with Crippen molar-refractivity contribution in [2.45, 2.75) is 6.42 Å². The molecule has 82 valence electrons. The van der Waals surface area contributed by atoms with Crippen LogP contribution in [0.5, 0.6) is 0 Å². The van der Waals surface area contributed by atoms with Crippen LogP contribution in [0.2, 0.25) is 0 Å². The summed E-state index contributed by atoms with van der Waals surface area (Å²) in [7, 11) is 0. The van der Waals surface area contributed by atoms with Gasteiger partial charge in [-0.2, -0.15) is 0 Å². The molecule has 0 heterocycles. The summed E-state index contributed by atoms with van der Waals surface area (Å²) in [5.41, 5.74) is 9.34. The molecule has 0 aliphatic rings. The number of hydrogen-bond acceptors (Lipinski definition) is 1. The van der Waals surface area contributed by atoms with E-state index in [1.165, 1.54) is 16.7 Å². The van der Waals surface area contributed by atoms with Gasteiger partial charge in [-0.15, -0.1) is 0 Å². The quantitative estimate of drug-likeness (QED) is 0.910. The summed E-state index contributed by atoms with van der Waals surface area (Å²) in [5, 5.41) is 0. The lowest BCUT2D eigenvalue weighted by molar-refractivity contribution is 0.969. The van der Waals surface area contributed by atoms with Crippen LogP contribution >= 0.6 is 15.9 Å². The summed E-state index contributed by atoms with van der Waals surface area (Å²) in [4.78, 5) is 0. The Balaban J connectivity index is 2.32. The lowest BCUT2D eigenvalue weighted by Gasteiger charge is -2.04. The number of rotatable bonds is 3. The Morgan fingerprint density at radius 2 is 1.69 bits per heavy atom. The van der Waals surface area contributed by atoms with Crippen LogP contribution in [0.4, 0.5) is 0 Å². The molecule has 0 radical (unpaired) electrons. The lowest BCUT2D eigenvalue weighted by atomic mass is 10.0. The summed E-state index contributed by atoms with van der Waals surface area (Å²) in [6.45, 7) is 0.698. The summed E-state index contributed by atoms with van der Waals surface area (Å²) < 4.78 is 1.11. The largest absolute Gasteiger partial charge is 0.330 e. The predicted octanol–water partition coefficient (Wildman–Crippen LogP) is 3.62. The van der Waals surface area contributed by atoms with Gasteiger partial charge in [0.25, 0.3) is 0 Å². The highest BCUT2D eigenvalue weighted by atomic mass is 79.9. The van der Waals surface area contributed by atoms with E-state index >= 15 is 0 Å². The van der Waals surface area contributed by atoms with E-state index in [2.05, 4.69) is 64.5 Å². The van der Waals surface area contributed by atoms with Crippen molar-refractivity contribution in [2.75, 3.05) is 6.54 Å². The maximum Gasteiger partial charge on any atom is 0.0175 e. The summed E-state index contributed by atoms with van der Waals surface area (Å²) >= 11 is 3.44. The molecule has 0 atom stereocenters. The van der Waals surface area contributed by atoms with Crippen molar-refractivity contribution >= 4 is 15.9 Å². The highest BCUT2D eigenvalue weighted by molar-refractivity contribution is 9.10. The van der Waals surface area contributed by atoms with E-state index in [1.807, 2.05) is 0 Å². The fourth-order valence-corrected chi connectivity index (χ4v) is 1.98. The van der Waals surface area contributed by atoms with Gasteiger partial charge in [0.1, 0.15) is 0 Å². The second-order valence-electron chi connectivity index (χ2n) is 3.75. The highest BCUT2D eigenvalue weighted by Gasteiger charge is 1.98. The Labute approximate surface area is 104 Å². The van der Waals surface area contributed by atoms with E-state index in [1.54, 1.807) is 0 Å². The average molecular weight is 276 g/mol. The molecule has 0 spiro atoms. The van der Waals surface area contributed by atoms with Gasteiger partial charge in [0.05, 0.1) is 0 Å². The first-order chi connectivity index (χ1) is 7.79. The smallest absolute Gasteiger partial charge is 0.0175 e. The third-order valence-corrected chi connectivity index (χ3v) is 3.07. The van der Waals surface area contributed by atoms with Crippen molar-refractivity contribution in [1.82, 2.24) is 0 Å². The fraction of sp³-hybridized carbons (Fsp3) is 0.143. The minimum absolute atomic E-state index is 0.698. The fourth-order valence-electron chi connectivity index (χ4n) is 1.72. The molecule has 0 aliphatic heterocycles. The van der Waals surface area contributed by atoms with Gasteiger partial charge in [0.2, 0.25) is 0 Å². The third kappa shape index (κ3) is 2.71. The van der Waals surface area contributed by atoms with Crippen LogP contribution < -0.4 is 5.73 Å². The van der Waals surface area contributed by atoms with E-state index < -0.39 is 0 Å². The molecule has 2 N–H and O–H groups in total. The second kappa shape index (κ2) is 5.28. The van der Waals surface area contributed by atoms with Crippen LogP contribution in [-0.4, -0.2) is 6.54 Å². The van der Waals surface area contributed by atoms with Crippen LogP contribution in [0.15, 0.2) is 53.0 Å². The van der Waals surface area contributed by atoms with Gasteiger partial charge in [-0.05, 0) is 41.8 Å². The van der Waals surface area contributed by atoms with Crippen molar-refractivity contribution in [3.63, 3.8) is 0 Å². The molecule has 0 saturated heterocycles. The standard InChI is InChI=1S/C14H14BrN/c15-14-6-4-12(5-7-14)13-3-1-2-11(10-13)8-9-16/h1-7,10H,8-9,16H2. The number of hydrogen-bond donors (Lipinski definition) is 1. The van der Waals surface area contributed by atoms with Crippen molar-refractivity contribution in [3.05, 3.63) is 58.6 Å². The topological polar surface area (TPSA) is 26.0 Å². The van der Waals surface area contributed by atoms with Crippen LogP contribution in [0.25, 0.3) is 11.1 Å². The normalized spacial score (nSPS) is 10.4. The molecule has 2 rings (SSSR count). The molecule has 0 bridgehead atoms. The van der Waals surface area contributed by atoms with Crippen LogP contribution in [0.3, 0.4) is 0 Å². The molecule has 1 nitrogen and oxygen atoms in total. The maximum atomic E-state index is 5.56. The molecule has 2 heteroatoms. The molecule has 0 amide bonds. The number of nitrogens with two attached hydrogens (primary N) is 1. The zero-order valence-corrected chi connectivity index (χ0v) is 10.6. The Morgan fingerprint density at radius 1 is 0.938 bits per heavy atom. The molecule has 0 fully saturated rings. The van der Waals surface area contributed by atoms with Gasteiger partial charge >= 0.3 is 0 Å². The maximum absolute atomic E-state index is 5.56. The van der Waals surface area contributed by atoms with Crippen LogP contribution in [0, 0.1) is 0 Å². The molecule has 16 heavy (non-hydrogen) atoms. The first kappa shape index (κ1) is 11.4. The summed E-state index contributed by atoms with van der Waals surface area (Å²) in [6, 6.07) is 16.9. The molecule has 2 aromatic carbocycles. The van der Waals surface area contributed by atoms with Crippen LogP contribution in [0.1, 0.15) is 5.56 Å². The van der Waals surface area contributed by atoms with Gasteiger partial charge in [-0.1, -0.05) is 52.3 Å². The Hall–Kier alpha value is -1.12. The minimum Gasteiger partial charge on any atom is -0.330 e. The van der Waals surface area contributed by atoms with Gasteiger partial charge in [0.15, 0.2) is 0 Å². The number of benzene rings is 2. The minimum atomic E-state index is 0.698. The first-order valence-corrected chi connectivity index (χ1v) is 6.14. The van der Waals surface area contributed by atoms with Crippen LogP contribution in [-0.2, 0) is 6.42 Å². The molecule has 0 aromatic heterocycles. The van der Waals surface area contributed by atoms with Crippen molar-refractivity contribution < 1.29 is 0 Å². The Bertz CT molecular complexity index is 462. The molecule has 0 aliphatic carbocycles. The van der Waals surface area contributed by atoms with E-state index in [0.717, 1.165) is 10.9 Å². The zero-order valence-electron chi connectivity index (χ0n) is 8.99. The van der Waals surface area contributed by atoms with E-state index in [0.29, 0.717) is 6.54 Å². The zero-order chi connectivity index (χ0) is 11.4. The molecular weight excluding hydrogens is 262 g/mol. The van der Waals surface area contributed by atoms with Crippen molar-refractivity contribution in [3.8, 4) is 11.1 Å². The number of halogens is 1. The Morgan fingerprint density at radius 3 is 2.38 bits per heavy atom. The molecular formula is C14H14BrN. The monoisotopic (exact) mass is 275 g/mol. The van der Waals surface area contributed by atoms with E-state index in [4.69, 9.17) is 5.73 Å². The average Bonchev–Trinajstić information content (AvgIpc) is 2.31. The van der Waals surface area contributed by atoms with Gasteiger partial charge in [-0.25, -0.2) is 0 Å². The molecule has 2 aromatic rings. The Kier molecular flexibility index (Phi) is 3.75. The van der Waals surface area contributed by atoms with Gasteiger partial charge in [-0.3, -0.25) is 0 Å².